The second-order valence-corrected chi connectivity index (χ2v) is 7.35. The molecule has 0 saturated heterocycles. The number of aromatic nitrogens is 4. The van der Waals surface area contributed by atoms with E-state index in [2.05, 4.69) is 25.7 Å². The molecule has 146 valence electrons. The maximum atomic E-state index is 12.6. The molecule has 28 heavy (non-hydrogen) atoms. The maximum Gasteiger partial charge on any atom is 0.253 e. The van der Waals surface area contributed by atoms with Crippen LogP contribution in [0.3, 0.4) is 0 Å². The van der Waals surface area contributed by atoms with E-state index < -0.39 is 0 Å². The molecule has 2 heterocycles. The fraction of sp³-hybridized carbons (Fsp3) is 0.278. The van der Waals surface area contributed by atoms with E-state index in [0.717, 1.165) is 17.0 Å². The second-order valence-electron chi connectivity index (χ2n) is 6.17. The number of carbonyl (C=O) groups is 2. The van der Waals surface area contributed by atoms with Gasteiger partial charge in [-0.25, -0.2) is 9.50 Å². The number of carbonyl (C=O) groups excluding carboxylic acids is 2. The Balaban J connectivity index is 1.79. The number of benzene rings is 1. The third-order valence-corrected chi connectivity index (χ3v) is 4.96. The van der Waals surface area contributed by atoms with E-state index in [0.29, 0.717) is 27.3 Å². The van der Waals surface area contributed by atoms with Crippen LogP contribution >= 0.6 is 23.4 Å². The van der Waals surface area contributed by atoms with E-state index in [9.17, 15) is 9.59 Å². The van der Waals surface area contributed by atoms with Crippen LogP contribution in [0.15, 0.2) is 23.4 Å². The van der Waals surface area contributed by atoms with Gasteiger partial charge in [-0.05, 0) is 38.3 Å². The van der Waals surface area contributed by atoms with Crippen molar-refractivity contribution in [2.75, 3.05) is 16.9 Å². The molecule has 3 rings (SSSR count). The summed E-state index contributed by atoms with van der Waals surface area (Å²) in [5, 5.41) is 10.8. The fourth-order valence-corrected chi connectivity index (χ4v) is 3.35. The minimum absolute atomic E-state index is 0.139. The van der Waals surface area contributed by atoms with Crippen molar-refractivity contribution in [1.82, 2.24) is 19.6 Å². The van der Waals surface area contributed by atoms with Crippen LogP contribution in [0, 0.1) is 13.8 Å². The zero-order valence-electron chi connectivity index (χ0n) is 15.8. The second kappa shape index (κ2) is 8.15. The summed E-state index contributed by atoms with van der Waals surface area (Å²) < 4.78 is 1.65. The lowest BCUT2D eigenvalue weighted by molar-refractivity contribution is -0.116. The minimum Gasteiger partial charge on any atom is -0.326 e. The molecule has 0 aliphatic rings. The largest absolute Gasteiger partial charge is 0.326 e. The Morgan fingerprint density at radius 1 is 1.21 bits per heavy atom. The summed E-state index contributed by atoms with van der Waals surface area (Å²) in [6, 6.07) is 4.91. The first-order chi connectivity index (χ1) is 13.3. The summed E-state index contributed by atoms with van der Waals surface area (Å²) in [5.74, 6) is 0.0926. The topological polar surface area (TPSA) is 101 Å². The molecular formula is C18H19ClN6O2S. The number of aryl methyl sites for hydroxylation is 2. The predicted octanol–water partition coefficient (Wildman–Crippen LogP) is 3.26. The van der Waals surface area contributed by atoms with E-state index in [1.807, 2.05) is 20.1 Å². The van der Waals surface area contributed by atoms with Crippen molar-refractivity contribution in [3.8, 4) is 0 Å². The number of fused-ring (bicyclic) bond motifs is 1. The van der Waals surface area contributed by atoms with Crippen LogP contribution in [0.2, 0.25) is 5.02 Å². The van der Waals surface area contributed by atoms with Gasteiger partial charge in [-0.3, -0.25) is 9.59 Å². The molecule has 0 aliphatic carbocycles. The first-order valence-corrected chi connectivity index (χ1v) is 10.0. The highest BCUT2D eigenvalue weighted by Gasteiger charge is 2.16. The van der Waals surface area contributed by atoms with Gasteiger partial charge in [0.15, 0.2) is 0 Å². The van der Waals surface area contributed by atoms with Gasteiger partial charge in [0.2, 0.25) is 17.0 Å². The number of hydrogen-bond acceptors (Lipinski definition) is 6. The van der Waals surface area contributed by atoms with Crippen molar-refractivity contribution in [3.05, 3.63) is 40.2 Å². The zero-order chi connectivity index (χ0) is 20.4. The minimum atomic E-state index is -0.217. The third-order valence-electron chi connectivity index (χ3n) is 4.11. The number of nitrogens with one attached hydrogen (secondary N) is 2. The highest BCUT2D eigenvalue weighted by atomic mass is 35.5. The van der Waals surface area contributed by atoms with Crippen molar-refractivity contribution in [3.63, 3.8) is 0 Å². The van der Waals surface area contributed by atoms with Gasteiger partial charge in [0.25, 0.3) is 5.78 Å². The average Bonchev–Trinajstić information content (AvgIpc) is 3.04. The molecule has 0 saturated carbocycles. The molecule has 0 fully saturated rings. The number of nitrogens with zero attached hydrogens (tertiary/aromatic N) is 4. The van der Waals surface area contributed by atoms with Crippen molar-refractivity contribution in [1.29, 1.82) is 0 Å². The van der Waals surface area contributed by atoms with Crippen molar-refractivity contribution >= 4 is 52.3 Å². The summed E-state index contributed by atoms with van der Waals surface area (Å²) in [4.78, 5) is 32.5. The van der Waals surface area contributed by atoms with E-state index in [1.54, 1.807) is 22.7 Å². The molecule has 3 aromatic rings. The van der Waals surface area contributed by atoms with Gasteiger partial charge in [-0.15, -0.1) is 5.10 Å². The fourth-order valence-electron chi connectivity index (χ4n) is 2.78. The van der Waals surface area contributed by atoms with Crippen LogP contribution in [0.25, 0.3) is 5.78 Å². The van der Waals surface area contributed by atoms with Gasteiger partial charge in [0.1, 0.15) is 0 Å². The first-order valence-electron chi connectivity index (χ1n) is 8.42. The lowest BCUT2D eigenvalue weighted by atomic mass is 10.1. The molecule has 0 spiro atoms. The van der Waals surface area contributed by atoms with Crippen molar-refractivity contribution in [2.45, 2.75) is 32.3 Å². The standard InChI is InChI=1S/C18H19ClN6O2S/c1-9-13(10(2)25-17(20-9)23-18(24-25)28-4)8-16(27)22-12-5-6-15(14(19)7-12)21-11(3)26/h5-7H,8H2,1-4H3,(H,21,26)(H,22,27). The average molecular weight is 419 g/mol. The summed E-state index contributed by atoms with van der Waals surface area (Å²) >= 11 is 7.59. The summed E-state index contributed by atoms with van der Waals surface area (Å²) in [6.45, 7) is 5.14. The normalized spacial score (nSPS) is 10.9. The van der Waals surface area contributed by atoms with Crippen molar-refractivity contribution < 1.29 is 9.59 Å². The SMILES string of the molecule is CSc1nc2nc(C)c(CC(=O)Nc3ccc(NC(C)=O)c(Cl)c3)c(C)n2n1. The molecule has 10 heteroatoms. The van der Waals surface area contributed by atoms with Crippen molar-refractivity contribution in [2.24, 2.45) is 0 Å². The Hall–Kier alpha value is -2.65. The molecule has 0 radical (unpaired) electrons. The quantitative estimate of drug-likeness (QED) is 0.617. The molecular weight excluding hydrogens is 400 g/mol. The van der Waals surface area contributed by atoms with Crippen LogP contribution in [-0.2, 0) is 16.0 Å². The Morgan fingerprint density at radius 3 is 2.61 bits per heavy atom. The molecule has 8 nitrogen and oxygen atoms in total. The molecule has 0 aliphatic heterocycles. The highest BCUT2D eigenvalue weighted by Crippen LogP contribution is 2.26. The van der Waals surface area contributed by atoms with E-state index >= 15 is 0 Å². The molecule has 2 amide bonds. The molecule has 0 atom stereocenters. The number of hydrogen-bond donors (Lipinski definition) is 2. The van der Waals surface area contributed by atoms with Gasteiger partial charge < -0.3 is 10.6 Å². The van der Waals surface area contributed by atoms with Gasteiger partial charge in [0.05, 0.1) is 17.1 Å². The number of rotatable bonds is 5. The van der Waals surface area contributed by atoms with Crippen LogP contribution in [0.4, 0.5) is 11.4 Å². The highest BCUT2D eigenvalue weighted by molar-refractivity contribution is 7.98. The molecule has 2 aromatic heterocycles. The number of halogens is 1. The van der Waals surface area contributed by atoms with Crippen LogP contribution in [0.1, 0.15) is 23.9 Å². The Morgan fingerprint density at radius 2 is 1.96 bits per heavy atom. The molecule has 1 aromatic carbocycles. The van der Waals surface area contributed by atoms with Gasteiger partial charge in [-0.1, -0.05) is 23.4 Å². The lowest BCUT2D eigenvalue weighted by Gasteiger charge is -2.12. The molecule has 0 bridgehead atoms. The number of anilines is 2. The van der Waals surface area contributed by atoms with Crippen LogP contribution < -0.4 is 10.6 Å². The molecule has 2 N–H and O–H groups in total. The summed E-state index contributed by atoms with van der Waals surface area (Å²) in [6.07, 6.45) is 2.04. The van der Waals surface area contributed by atoms with Crippen LogP contribution in [0.5, 0.6) is 0 Å². The Labute approximate surface area is 171 Å². The van der Waals surface area contributed by atoms with E-state index in [1.165, 1.54) is 18.7 Å². The van der Waals surface area contributed by atoms with Gasteiger partial charge in [-0.2, -0.15) is 4.98 Å². The zero-order valence-corrected chi connectivity index (χ0v) is 17.4. The van der Waals surface area contributed by atoms with E-state index in [-0.39, 0.29) is 18.2 Å². The third kappa shape index (κ3) is 4.26. The molecule has 0 unspecified atom stereocenters. The number of thioether (sulfide) groups is 1. The lowest BCUT2D eigenvalue weighted by Crippen LogP contribution is -2.18. The summed E-state index contributed by atoms with van der Waals surface area (Å²) in [5.41, 5.74) is 3.38. The van der Waals surface area contributed by atoms with Gasteiger partial charge >= 0.3 is 0 Å². The smallest absolute Gasteiger partial charge is 0.253 e. The maximum absolute atomic E-state index is 12.6. The number of amides is 2. The Kier molecular flexibility index (Phi) is 5.85. The monoisotopic (exact) mass is 418 g/mol. The summed E-state index contributed by atoms with van der Waals surface area (Å²) in [7, 11) is 0. The first kappa shape index (κ1) is 20.1. The van der Waals surface area contributed by atoms with Gasteiger partial charge in [0, 0.05) is 29.6 Å². The van der Waals surface area contributed by atoms with E-state index in [4.69, 9.17) is 11.6 Å². The van der Waals surface area contributed by atoms with Crippen LogP contribution in [-0.4, -0.2) is 37.7 Å². The Bertz CT molecular complexity index is 1080. The predicted molar refractivity (Wildman–Crippen MR) is 110 cm³/mol.